The number of benzene rings is 2. The van der Waals surface area contributed by atoms with Crippen LogP contribution in [-0.2, 0) is 21.2 Å². The van der Waals surface area contributed by atoms with Crippen molar-refractivity contribution >= 4 is 44.1 Å². The molecule has 6 nitrogen and oxygen atoms in total. The molecule has 3 rings (SSSR count). The molecular weight excluding hydrogens is 410 g/mol. The molecule has 0 saturated heterocycles. The van der Waals surface area contributed by atoms with Crippen LogP contribution in [-0.4, -0.2) is 26.4 Å². The van der Waals surface area contributed by atoms with E-state index in [-0.39, 0.29) is 6.42 Å². The summed E-state index contributed by atoms with van der Waals surface area (Å²) in [7, 11) is -2.15. The van der Waals surface area contributed by atoms with Crippen molar-refractivity contribution in [1.82, 2.24) is 4.98 Å². The van der Waals surface area contributed by atoms with E-state index in [0.29, 0.717) is 10.7 Å². The average molecular weight is 432 g/mol. The zero-order valence-electron chi connectivity index (χ0n) is 16.4. The monoisotopic (exact) mass is 431 g/mol. The molecule has 2 aromatic carbocycles. The van der Waals surface area contributed by atoms with Gasteiger partial charge in [-0.05, 0) is 48.7 Å². The number of aryl methyl sites for hydroxylation is 2. The molecule has 152 valence electrons. The lowest BCUT2D eigenvalue weighted by atomic mass is 9.95. The molecule has 29 heavy (non-hydrogen) atoms. The molecule has 0 fully saturated rings. The van der Waals surface area contributed by atoms with Crippen molar-refractivity contribution in [3.8, 4) is 11.1 Å². The number of halogens is 1. The number of nitrogens with zero attached hydrogens (tertiary/aromatic N) is 1. The quantitative estimate of drug-likeness (QED) is 0.616. The zero-order valence-corrected chi connectivity index (χ0v) is 18.0. The lowest BCUT2D eigenvalue weighted by Gasteiger charge is -2.18. The number of anilines is 1. The van der Waals surface area contributed by atoms with Gasteiger partial charge in [-0.25, -0.2) is 8.42 Å². The van der Waals surface area contributed by atoms with Crippen molar-refractivity contribution in [3.05, 3.63) is 64.2 Å². The second kappa shape index (κ2) is 7.57. The number of aromatic nitrogens is 1. The summed E-state index contributed by atoms with van der Waals surface area (Å²) in [6, 6.07) is 8.84. The molecule has 0 aliphatic rings. The van der Waals surface area contributed by atoms with E-state index < -0.39 is 15.9 Å². The third kappa shape index (κ3) is 3.75. The highest BCUT2D eigenvalue weighted by molar-refractivity contribution is 7.95. The predicted molar refractivity (Wildman–Crippen MR) is 119 cm³/mol. The fraction of sp³-hybridized carbons (Fsp3) is 0.190. The number of H-pyrrole nitrogens is 1. The second-order valence-electron chi connectivity index (χ2n) is 6.89. The van der Waals surface area contributed by atoms with Gasteiger partial charge in [0.2, 0.25) is 5.91 Å². The van der Waals surface area contributed by atoms with Gasteiger partial charge in [0, 0.05) is 34.1 Å². The number of nitrogens with one attached hydrogen (secondary N) is 1. The van der Waals surface area contributed by atoms with E-state index in [4.69, 9.17) is 17.3 Å². The average Bonchev–Trinajstić information content (AvgIpc) is 2.96. The maximum Gasteiger partial charge on any atom is 0.256 e. The molecule has 1 aromatic heterocycles. The molecule has 8 heteroatoms. The van der Waals surface area contributed by atoms with Crippen molar-refractivity contribution < 1.29 is 13.2 Å². The first kappa shape index (κ1) is 21.0. The van der Waals surface area contributed by atoms with Gasteiger partial charge in [-0.1, -0.05) is 30.3 Å². The van der Waals surface area contributed by atoms with E-state index in [1.165, 1.54) is 7.05 Å². The van der Waals surface area contributed by atoms with Crippen LogP contribution in [0.25, 0.3) is 22.0 Å². The Morgan fingerprint density at radius 2 is 2.00 bits per heavy atom. The number of rotatable bonds is 6. The van der Waals surface area contributed by atoms with Crippen molar-refractivity contribution in [2.75, 3.05) is 11.4 Å². The Hall–Kier alpha value is -2.77. The molecule has 1 heterocycles. The van der Waals surface area contributed by atoms with Crippen LogP contribution >= 0.6 is 11.6 Å². The molecule has 0 unspecified atom stereocenters. The van der Waals surface area contributed by atoms with Crippen LogP contribution in [0, 0.1) is 13.8 Å². The Bertz CT molecular complexity index is 1250. The molecule has 0 aliphatic heterocycles. The summed E-state index contributed by atoms with van der Waals surface area (Å²) in [6.07, 6.45) is 0.0657. The lowest BCUT2D eigenvalue weighted by Crippen LogP contribution is -2.23. The van der Waals surface area contributed by atoms with Crippen LogP contribution in [0.3, 0.4) is 0 Å². The van der Waals surface area contributed by atoms with Crippen LogP contribution in [0.4, 0.5) is 5.69 Å². The summed E-state index contributed by atoms with van der Waals surface area (Å²) in [6.45, 7) is 7.29. The van der Waals surface area contributed by atoms with Crippen LogP contribution in [0.1, 0.15) is 16.8 Å². The minimum absolute atomic E-state index is 0.0657. The van der Waals surface area contributed by atoms with E-state index in [1.54, 1.807) is 24.3 Å². The fourth-order valence-electron chi connectivity index (χ4n) is 3.41. The molecular formula is C21H22ClN3O3S. The van der Waals surface area contributed by atoms with Crippen LogP contribution in [0.15, 0.2) is 42.3 Å². The lowest BCUT2D eigenvalue weighted by molar-refractivity contribution is -0.117. The number of primary amides is 1. The number of nitrogens with two attached hydrogens (primary N) is 1. The van der Waals surface area contributed by atoms with Gasteiger partial charge >= 0.3 is 0 Å². The predicted octanol–water partition coefficient (Wildman–Crippen LogP) is 4.04. The second-order valence-corrected chi connectivity index (χ2v) is 9.21. The third-order valence-corrected chi connectivity index (χ3v) is 6.76. The van der Waals surface area contributed by atoms with Crippen molar-refractivity contribution in [1.29, 1.82) is 0 Å². The van der Waals surface area contributed by atoms with E-state index in [9.17, 15) is 13.2 Å². The molecule has 0 spiro atoms. The highest BCUT2D eigenvalue weighted by Gasteiger charge is 2.20. The van der Waals surface area contributed by atoms with Gasteiger partial charge in [0.1, 0.15) is 0 Å². The van der Waals surface area contributed by atoms with Crippen molar-refractivity contribution in [3.63, 3.8) is 0 Å². The van der Waals surface area contributed by atoms with Gasteiger partial charge < -0.3 is 10.7 Å². The smallest absolute Gasteiger partial charge is 0.256 e. The molecule has 3 aromatic rings. The molecule has 3 N–H and O–H groups in total. The number of aromatic amines is 1. The van der Waals surface area contributed by atoms with Gasteiger partial charge in [0.15, 0.2) is 0 Å². The Kier molecular flexibility index (Phi) is 5.47. The number of carbonyl (C=O) groups is 1. The molecule has 0 aliphatic carbocycles. The Balaban J connectivity index is 2.29. The largest absolute Gasteiger partial charge is 0.369 e. The SMILES string of the molecule is C=CS(=O)(=O)N(C)c1cccc(-c2c(Cl)cc(CC(N)=O)c3[nH]c(C)c(C)c23)c1. The van der Waals surface area contributed by atoms with E-state index in [0.717, 1.165) is 48.6 Å². The minimum Gasteiger partial charge on any atom is -0.369 e. The first-order chi connectivity index (χ1) is 13.6. The Labute approximate surface area is 175 Å². The minimum atomic E-state index is -3.62. The molecule has 1 amide bonds. The number of hydrogen-bond acceptors (Lipinski definition) is 3. The Morgan fingerprint density at radius 3 is 2.62 bits per heavy atom. The summed E-state index contributed by atoms with van der Waals surface area (Å²) in [5, 5.41) is 2.25. The number of hydrogen-bond donors (Lipinski definition) is 2. The molecule has 0 bridgehead atoms. The standard InChI is InChI=1S/C21H22ClN3O3S/c1-5-29(27,28)25(4)16-8-6-7-14(9-16)20-17(22)10-15(11-18(23)26)21-19(20)12(2)13(3)24-21/h5-10,24H,1,11H2,2-4H3,(H2,23,26). The van der Waals surface area contributed by atoms with Crippen molar-refractivity contribution in [2.24, 2.45) is 5.73 Å². The van der Waals surface area contributed by atoms with E-state index >= 15 is 0 Å². The number of amides is 1. The van der Waals surface area contributed by atoms with Gasteiger partial charge in [0.05, 0.1) is 17.6 Å². The first-order valence-electron chi connectivity index (χ1n) is 8.87. The van der Waals surface area contributed by atoms with Gasteiger partial charge in [-0.2, -0.15) is 0 Å². The topological polar surface area (TPSA) is 96.3 Å². The highest BCUT2D eigenvalue weighted by Crippen LogP contribution is 2.41. The van der Waals surface area contributed by atoms with Crippen molar-refractivity contribution in [2.45, 2.75) is 20.3 Å². The maximum atomic E-state index is 12.2. The number of sulfonamides is 1. The zero-order chi connectivity index (χ0) is 21.5. The number of carbonyl (C=O) groups excluding carboxylic acids is 1. The first-order valence-corrected chi connectivity index (χ1v) is 10.7. The molecule has 0 saturated carbocycles. The number of fused-ring (bicyclic) bond motifs is 1. The van der Waals surface area contributed by atoms with Gasteiger partial charge in [0.25, 0.3) is 10.0 Å². The molecule has 0 radical (unpaired) electrons. The normalized spacial score (nSPS) is 11.6. The van der Waals surface area contributed by atoms with E-state index in [2.05, 4.69) is 11.6 Å². The van der Waals surface area contributed by atoms with Crippen LogP contribution in [0.5, 0.6) is 0 Å². The van der Waals surface area contributed by atoms with Gasteiger partial charge in [-0.3, -0.25) is 9.10 Å². The summed E-state index contributed by atoms with van der Waals surface area (Å²) < 4.78 is 25.5. The van der Waals surface area contributed by atoms with Crippen LogP contribution in [0.2, 0.25) is 5.02 Å². The summed E-state index contributed by atoms with van der Waals surface area (Å²) >= 11 is 6.64. The summed E-state index contributed by atoms with van der Waals surface area (Å²) in [4.78, 5) is 14.8. The molecule has 0 atom stereocenters. The fourth-order valence-corrected chi connectivity index (χ4v) is 4.38. The third-order valence-electron chi connectivity index (χ3n) is 5.07. The van der Waals surface area contributed by atoms with E-state index in [1.807, 2.05) is 19.9 Å². The maximum absolute atomic E-state index is 12.2. The van der Waals surface area contributed by atoms with Crippen LogP contribution < -0.4 is 10.0 Å². The summed E-state index contributed by atoms with van der Waals surface area (Å²) in [5.41, 5.74) is 10.9. The summed E-state index contributed by atoms with van der Waals surface area (Å²) in [5.74, 6) is -0.446. The highest BCUT2D eigenvalue weighted by atomic mass is 35.5. The van der Waals surface area contributed by atoms with Gasteiger partial charge in [-0.15, -0.1) is 0 Å². The Morgan fingerprint density at radius 1 is 1.31 bits per heavy atom.